The molecule has 0 spiro atoms. The van der Waals surface area contributed by atoms with Crippen LogP contribution >= 0.6 is 0 Å². The monoisotopic (exact) mass is 440 g/mol. The first kappa shape index (κ1) is 21.5. The maximum Gasteiger partial charge on any atom is 0.341 e. The summed E-state index contributed by atoms with van der Waals surface area (Å²) in [6, 6.07) is 11.8. The third-order valence-electron chi connectivity index (χ3n) is 5.54. The van der Waals surface area contributed by atoms with Gasteiger partial charge in [0.2, 0.25) is 11.5 Å². The van der Waals surface area contributed by atoms with Gasteiger partial charge in [0.1, 0.15) is 30.0 Å². The van der Waals surface area contributed by atoms with Crippen molar-refractivity contribution in [2.75, 3.05) is 7.11 Å². The Morgan fingerprint density at radius 2 is 1.78 bits per heavy atom. The third kappa shape index (κ3) is 4.49. The molecule has 1 saturated carbocycles. The molecule has 1 fully saturated rings. The Morgan fingerprint density at radius 3 is 2.50 bits per heavy atom. The number of methoxy groups -OCH3 is 1. The van der Waals surface area contributed by atoms with E-state index in [0.717, 1.165) is 0 Å². The molecule has 0 saturated heterocycles. The van der Waals surface area contributed by atoms with E-state index in [1.807, 2.05) is 0 Å². The molecule has 8 heteroatoms. The topological polar surface area (TPSA) is 88.1 Å². The van der Waals surface area contributed by atoms with Crippen LogP contribution < -0.4 is 4.74 Å². The van der Waals surface area contributed by atoms with Crippen LogP contribution in [0.15, 0.2) is 60.6 Å². The highest BCUT2D eigenvalue weighted by atomic mass is 19.1. The number of hydrogen-bond donors (Lipinski definition) is 0. The number of Topliss-reactive ketones (excluding diaryl/α,β-unsaturated/α-hetero) is 1. The number of rotatable bonds is 5. The summed E-state index contributed by atoms with van der Waals surface area (Å²) < 4.78 is 35.3. The molecule has 1 aliphatic carbocycles. The number of carbonyl (C=O) groups is 3. The molecule has 0 aromatic heterocycles. The van der Waals surface area contributed by atoms with Gasteiger partial charge in [0.05, 0.1) is 24.2 Å². The summed E-state index contributed by atoms with van der Waals surface area (Å²) >= 11 is 0. The van der Waals surface area contributed by atoms with Crippen molar-refractivity contribution in [3.8, 4) is 5.75 Å². The summed E-state index contributed by atoms with van der Waals surface area (Å²) in [6.45, 7) is 0. The Hall–Kier alpha value is -3.68. The number of fused-ring (bicyclic) bond motifs is 1. The predicted molar refractivity (Wildman–Crippen MR) is 109 cm³/mol. The minimum atomic E-state index is -0.733. The lowest BCUT2D eigenvalue weighted by Crippen LogP contribution is -2.43. The molecule has 3 atom stereocenters. The van der Waals surface area contributed by atoms with Gasteiger partial charge in [-0.05, 0) is 49.2 Å². The molecule has 32 heavy (non-hydrogen) atoms. The predicted octanol–water partition coefficient (Wildman–Crippen LogP) is 3.83. The number of esters is 2. The van der Waals surface area contributed by atoms with E-state index in [1.165, 1.54) is 43.7 Å². The minimum Gasteiger partial charge on any atom is -0.493 e. The number of halogens is 1. The normalized spacial score (nSPS) is 22.1. The Labute approximate surface area is 183 Å². The van der Waals surface area contributed by atoms with Crippen LogP contribution in [-0.4, -0.2) is 37.0 Å². The number of ketones is 1. The number of hydrogen-bond acceptors (Lipinski definition) is 7. The van der Waals surface area contributed by atoms with Gasteiger partial charge < -0.3 is 18.9 Å². The van der Waals surface area contributed by atoms with E-state index in [1.54, 1.807) is 18.2 Å². The van der Waals surface area contributed by atoms with Crippen molar-refractivity contribution >= 4 is 17.7 Å². The van der Waals surface area contributed by atoms with E-state index in [2.05, 4.69) is 4.74 Å². The maximum atomic E-state index is 13.8. The second-order valence-electron chi connectivity index (χ2n) is 7.57. The van der Waals surface area contributed by atoms with E-state index in [-0.39, 0.29) is 17.1 Å². The van der Waals surface area contributed by atoms with Crippen molar-refractivity contribution in [2.24, 2.45) is 5.92 Å². The highest BCUT2D eigenvalue weighted by Gasteiger charge is 2.42. The largest absolute Gasteiger partial charge is 0.493 e. The minimum absolute atomic E-state index is 0.0684. The fraction of sp³-hybridized carbons (Fsp3) is 0.292. The number of benzene rings is 2. The summed E-state index contributed by atoms with van der Waals surface area (Å²) in [5.41, 5.74) is 0.243. The highest BCUT2D eigenvalue weighted by molar-refractivity contribution is 5.96. The first-order valence-corrected chi connectivity index (χ1v) is 10.2. The molecule has 0 N–H and O–H groups in total. The fourth-order valence-corrected chi connectivity index (χ4v) is 3.86. The van der Waals surface area contributed by atoms with Gasteiger partial charge >= 0.3 is 11.9 Å². The molecule has 2 aliphatic rings. The van der Waals surface area contributed by atoms with E-state index in [9.17, 15) is 18.8 Å². The van der Waals surface area contributed by atoms with Gasteiger partial charge in [-0.25, -0.2) is 14.0 Å². The first-order valence-electron chi connectivity index (χ1n) is 10.2. The molecular weight excluding hydrogens is 419 g/mol. The lowest BCUT2D eigenvalue weighted by Gasteiger charge is -2.36. The van der Waals surface area contributed by atoms with E-state index in [4.69, 9.17) is 14.2 Å². The van der Waals surface area contributed by atoms with Crippen LogP contribution in [0.4, 0.5) is 4.39 Å². The van der Waals surface area contributed by atoms with Crippen LogP contribution in [0.5, 0.6) is 5.75 Å². The van der Waals surface area contributed by atoms with Gasteiger partial charge in [0.25, 0.3) is 0 Å². The lowest BCUT2D eigenvalue weighted by molar-refractivity contribution is -0.132. The number of allylic oxidation sites excluding steroid dienone is 1. The SMILES string of the molecule is COC(=O)c1ccc(OC2=COC3CC(OC(=O)c4ccccc4F)CCC3C2=O)cc1. The summed E-state index contributed by atoms with van der Waals surface area (Å²) in [4.78, 5) is 36.7. The average molecular weight is 440 g/mol. The molecule has 4 rings (SSSR count). The Bertz CT molecular complexity index is 1060. The molecule has 2 aromatic carbocycles. The van der Waals surface area contributed by atoms with Crippen molar-refractivity contribution in [1.29, 1.82) is 0 Å². The maximum absolute atomic E-state index is 13.8. The lowest BCUT2D eigenvalue weighted by atomic mass is 9.80. The van der Waals surface area contributed by atoms with Gasteiger partial charge in [-0.2, -0.15) is 0 Å². The van der Waals surface area contributed by atoms with E-state index in [0.29, 0.717) is 30.6 Å². The fourth-order valence-electron chi connectivity index (χ4n) is 3.86. The Kier molecular flexibility index (Phi) is 6.20. The van der Waals surface area contributed by atoms with Gasteiger partial charge in [0.15, 0.2) is 0 Å². The zero-order valence-corrected chi connectivity index (χ0v) is 17.3. The van der Waals surface area contributed by atoms with Crippen LogP contribution in [0.1, 0.15) is 40.0 Å². The quantitative estimate of drug-likeness (QED) is 0.653. The first-order chi connectivity index (χ1) is 15.5. The van der Waals surface area contributed by atoms with Crippen molar-refractivity contribution in [3.63, 3.8) is 0 Å². The number of carbonyl (C=O) groups excluding carboxylic acids is 3. The van der Waals surface area contributed by atoms with E-state index < -0.39 is 35.9 Å². The van der Waals surface area contributed by atoms with Crippen molar-refractivity contribution in [2.45, 2.75) is 31.5 Å². The summed E-state index contributed by atoms with van der Waals surface area (Å²) in [5, 5.41) is 0. The van der Waals surface area contributed by atoms with Crippen LogP contribution in [0.3, 0.4) is 0 Å². The second-order valence-corrected chi connectivity index (χ2v) is 7.57. The standard InChI is InChI=1S/C24H21FO7/c1-29-23(27)14-6-8-15(9-7-14)31-21-13-30-20-12-16(10-11-18(20)22(21)26)32-24(28)17-4-2-3-5-19(17)25/h2-9,13,16,18,20H,10-12H2,1H3. The van der Waals surface area contributed by atoms with Gasteiger partial charge in [-0.1, -0.05) is 12.1 Å². The molecule has 1 heterocycles. The zero-order valence-electron chi connectivity index (χ0n) is 17.3. The molecule has 0 amide bonds. The Balaban J connectivity index is 1.37. The third-order valence-corrected chi connectivity index (χ3v) is 5.54. The van der Waals surface area contributed by atoms with E-state index >= 15 is 0 Å². The van der Waals surface area contributed by atoms with Gasteiger partial charge in [-0.3, -0.25) is 4.79 Å². The second kappa shape index (κ2) is 9.21. The van der Waals surface area contributed by atoms with Gasteiger partial charge in [-0.15, -0.1) is 0 Å². The van der Waals surface area contributed by atoms with Crippen molar-refractivity contribution in [3.05, 3.63) is 77.5 Å². The van der Waals surface area contributed by atoms with Crippen LogP contribution in [0, 0.1) is 11.7 Å². The summed E-state index contributed by atoms with van der Waals surface area (Å²) in [5.74, 6) is -2.01. The number of ether oxygens (including phenoxy) is 4. The molecule has 0 bridgehead atoms. The molecule has 166 valence electrons. The summed E-state index contributed by atoms with van der Waals surface area (Å²) in [6.07, 6.45) is 1.56. The molecule has 2 aromatic rings. The van der Waals surface area contributed by atoms with Crippen LogP contribution in [0.2, 0.25) is 0 Å². The van der Waals surface area contributed by atoms with Crippen molar-refractivity contribution in [1.82, 2.24) is 0 Å². The highest BCUT2D eigenvalue weighted by Crippen LogP contribution is 2.35. The van der Waals surface area contributed by atoms with Crippen LogP contribution in [-0.2, 0) is 19.0 Å². The average Bonchev–Trinajstić information content (AvgIpc) is 2.81. The van der Waals surface area contributed by atoms with Crippen LogP contribution in [0.25, 0.3) is 0 Å². The van der Waals surface area contributed by atoms with Crippen molar-refractivity contribution < 1.29 is 37.7 Å². The smallest absolute Gasteiger partial charge is 0.341 e. The molecule has 3 unspecified atom stereocenters. The zero-order chi connectivity index (χ0) is 22.7. The molecular formula is C24H21FO7. The molecule has 1 aliphatic heterocycles. The van der Waals surface area contributed by atoms with Gasteiger partial charge in [0, 0.05) is 6.42 Å². The summed E-state index contributed by atoms with van der Waals surface area (Å²) in [7, 11) is 1.29. The molecule has 7 nitrogen and oxygen atoms in total. The Morgan fingerprint density at radius 1 is 1.03 bits per heavy atom. The molecule has 0 radical (unpaired) electrons.